The fraction of sp³-hybridized carbons (Fsp3) is 0.207. The summed E-state index contributed by atoms with van der Waals surface area (Å²) in [5, 5.41) is 3.60. The van der Waals surface area contributed by atoms with Crippen LogP contribution in [0.1, 0.15) is 16.2 Å². The second kappa shape index (κ2) is 10.1. The molecule has 196 valence electrons. The third-order valence-corrected chi connectivity index (χ3v) is 6.80. The zero-order valence-electron chi connectivity index (χ0n) is 21.6. The van der Waals surface area contributed by atoms with E-state index in [0.29, 0.717) is 48.9 Å². The number of methoxy groups -OCH3 is 1. The molecule has 0 saturated carbocycles. The van der Waals surface area contributed by atoms with Crippen LogP contribution >= 0.6 is 0 Å². The number of benzene rings is 3. The maximum atomic E-state index is 13.9. The molecule has 0 amide bonds. The molecule has 3 heterocycles. The van der Waals surface area contributed by atoms with E-state index in [9.17, 15) is 9.59 Å². The molecule has 5 aromatic rings. The number of fused-ring (bicyclic) bond motifs is 2. The van der Waals surface area contributed by atoms with Crippen molar-refractivity contribution in [3.8, 4) is 11.7 Å². The van der Waals surface area contributed by atoms with Crippen molar-refractivity contribution in [2.45, 2.75) is 6.92 Å². The van der Waals surface area contributed by atoms with Gasteiger partial charge in [0.2, 0.25) is 0 Å². The molecule has 1 aliphatic heterocycles. The average molecular weight is 523 g/mol. The van der Waals surface area contributed by atoms with Gasteiger partial charge in [-0.25, -0.2) is 9.78 Å². The number of hydroxylamine groups is 2. The summed E-state index contributed by atoms with van der Waals surface area (Å²) in [7, 11) is 1.47. The zero-order valence-corrected chi connectivity index (χ0v) is 21.6. The molecule has 1 saturated heterocycles. The van der Waals surface area contributed by atoms with Gasteiger partial charge in [-0.2, -0.15) is 9.97 Å². The number of nitrogens with zero attached hydrogens (tertiary/aromatic N) is 6. The number of carbonyl (C=O) groups is 1. The predicted octanol–water partition coefficient (Wildman–Crippen LogP) is 3.54. The Kier molecular flexibility index (Phi) is 6.37. The van der Waals surface area contributed by atoms with E-state index in [1.54, 1.807) is 40.8 Å². The van der Waals surface area contributed by atoms with Crippen LogP contribution in [-0.4, -0.2) is 63.8 Å². The topological polar surface area (TPSA) is 103 Å². The fourth-order valence-electron chi connectivity index (χ4n) is 4.87. The number of carbonyl (C=O) groups excluding carboxylic acids is 1. The molecule has 6 rings (SSSR count). The third-order valence-electron chi connectivity index (χ3n) is 6.80. The number of anilines is 1. The first-order chi connectivity index (χ1) is 19.0. The Morgan fingerprint density at radius 1 is 0.821 bits per heavy atom. The van der Waals surface area contributed by atoms with Crippen LogP contribution in [0.25, 0.3) is 27.5 Å². The summed E-state index contributed by atoms with van der Waals surface area (Å²) < 4.78 is 6.96. The first-order valence-corrected chi connectivity index (χ1v) is 12.6. The molecule has 0 unspecified atom stereocenters. The standard InChI is InChI=1S/C29H26N6O4/c1-19-30-24-25(27(36)35(19)23-14-8-12-20-9-6-7-13-22(20)23)31-29(38-2)32-26(24)33-15-17-34(18-16-33)39-28(37)21-10-4-3-5-11-21/h3-14H,15-18H2,1-2H3. The maximum Gasteiger partial charge on any atom is 0.357 e. The molecule has 0 aliphatic carbocycles. The van der Waals surface area contributed by atoms with Gasteiger partial charge >= 0.3 is 12.0 Å². The molecule has 0 atom stereocenters. The molecule has 39 heavy (non-hydrogen) atoms. The van der Waals surface area contributed by atoms with Crippen molar-refractivity contribution in [3.05, 3.63) is 94.5 Å². The molecule has 1 aliphatic rings. The van der Waals surface area contributed by atoms with Crippen LogP contribution in [0, 0.1) is 6.92 Å². The van der Waals surface area contributed by atoms with Gasteiger partial charge in [-0.3, -0.25) is 9.36 Å². The first-order valence-electron chi connectivity index (χ1n) is 12.6. The Bertz CT molecular complexity index is 1740. The van der Waals surface area contributed by atoms with Crippen molar-refractivity contribution in [2.75, 3.05) is 38.2 Å². The van der Waals surface area contributed by atoms with E-state index in [4.69, 9.17) is 14.6 Å². The Hall–Kier alpha value is -4.83. The number of aromatic nitrogens is 4. The van der Waals surface area contributed by atoms with Crippen molar-refractivity contribution in [1.82, 2.24) is 24.6 Å². The van der Waals surface area contributed by atoms with Gasteiger partial charge in [-0.05, 0) is 30.5 Å². The summed E-state index contributed by atoms with van der Waals surface area (Å²) in [5.41, 5.74) is 1.51. The number of hydrogen-bond acceptors (Lipinski definition) is 9. The Morgan fingerprint density at radius 2 is 1.54 bits per heavy atom. The van der Waals surface area contributed by atoms with Crippen molar-refractivity contribution < 1.29 is 14.4 Å². The quantitative estimate of drug-likeness (QED) is 0.343. The number of hydrogen-bond donors (Lipinski definition) is 0. The Labute approximate surface area is 224 Å². The highest BCUT2D eigenvalue weighted by molar-refractivity contribution is 5.91. The van der Waals surface area contributed by atoms with Crippen LogP contribution in [0.15, 0.2) is 77.6 Å². The lowest BCUT2D eigenvalue weighted by Crippen LogP contribution is -2.47. The molecule has 0 spiro atoms. The van der Waals surface area contributed by atoms with Crippen LogP contribution in [-0.2, 0) is 4.84 Å². The largest absolute Gasteiger partial charge is 0.467 e. The zero-order chi connectivity index (χ0) is 26.9. The van der Waals surface area contributed by atoms with Crippen molar-refractivity contribution >= 4 is 33.6 Å². The maximum absolute atomic E-state index is 13.9. The summed E-state index contributed by atoms with van der Waals surface area (Å²) in [6.07, 6.45) is 0. The number of piperazine rings is 1. The van der Waals surface area contributed by atoms with Gasteiger partial charge in [-0.1, -0.05) is 54.6 Å². The van der Waals surface area contributed by atoms with Crippen LogP contribution in [0.5, 0.6) is 6.01 Å². The fourth-order valence-corrected chi connectivity index (χ4v) is 4.87. The molecule has 0 N–H and O–H groups in total. The van der Waals surface area contributed by atoms with E-state index in [1.165, 1.54) is 7.11 Å². The lowest BCUT2D eigenvalue weighted by Gasteiger charge is -2.34. The predicted molar refractivity (Wildman–Crippen MR) is 147 cm³/mol. The highest BCUT2D eigenvalue weighted by atomic mass is 16.7. The molecular weight excluding hydrogens is 496 g/mol. The summed E-state index contributed by atoms with van der Waals surface area (Å²) in [5.74, 6) is 0.634. The second-order valence-electron chi connectivity index (χ2n) is 9.19. The Balaban J connectivity index is 1.34. The normalized spacial score (nSPS) is 14.1. The molecule has 1 fully saturated rings. The average Bonchev–Trinajstić information content (AvgIpc) is 2.98. The van der Waals surface area contributed by atoms with E-state index in [2.05, 4.69) is 9.97 Å². The summed E-state index contributed by atoms with van der Waals surface area (Å²) in [6, 6.07) is 22.7. The molecule has 3 aromatic carbocycles. The van der Waals surface area contributed by atoms with Gasteiger partial charge in [0.05, 0.1) is 31.5 Å². The Morgan fingerprint density at radius 3 is 2.31 bits per heavy atom. The van der Waals surface area contributed by atoms with Crippen molar-refractivity contribution in [1.29, 1.82) is 0 Å². The highest BCUT2D eigenvalue weighted by Crippen LogP contribution is 2.27. The molecule has 0 radical (unpaired) electrons. The van der Waals surface area contributed by atoms with Crippen LogP contribution in [0.3, 0.4) is 0 Å². The van der Waals surface area contributed by atoms with Crippen LogP contribution in [0.2, 0.25) is 0 Å². The van der Waals surface area contributed by atoms with Crippen LogP contribution in [0.4, 0.5) is 5.82 Å². The molecule has 0 bridgehead atoms. The van der Waals surface area contributed by atoms with Gasteiger partial charge in [0.1, 0.15) is 11.3 Å². The first kappa shape index (κ1) is 24.5. The van der Waals surface area contributed by atoms with E-state index >= 15 is 0 Å². The highest BCUT2D eigenvalue weighted by Gasteiger charge is 2.26. The van der Waals surface area contributed by atoms with Gasteiger partial charge in [-0.15, -0.1) is 5.06 Å². The van der Waals surface area contributed by atoms with E-state index in [1.807, 2.05) is 53.4 Å². The summed E-state index contributed by atoms with van der Waals surface area (Å²) in [6.45, 7) is 3.73. The molecular formula is C29H26N6O4. The lowest BCUT2D eigenvalue weighted by molar-refractivity contribution is -0.112. The van der Waals surface area contributed by atoms with Gasteiger partial charge in [0.15, 0.2) is 11.3 Å². The third kappa shape index (κ3) is 4.55. The SMILES string of the molecule is COc1nc(N2CCN(OC(=O)c3ccccc3)CC2)c2nc(C)n(-c3cccc4ccccc34)c(=O)c2n1. The smallest absolute Gasteiger partial charge is 0.357 e. The van der Waals surface area contributed by atoms with E-state index in [-0.39, 0.29) is 17.1 Å². The van der Waals surface area contributed by atoms with Crippen LogP contribution < -0.4 is 15.2 Å². The monoisotopic (exact) mass is 522 g/mol. The minimum Gasteiger partial charge on any atom is -0.467 e. The molecule has 2 aromatic heterocycles. The minimum atomic E-state index is -0.399. The number of ether oxygens (including phenoxy) is 1. The number of aryl methyl sites for hydroxylation is 1. The summed E-state index contributed by atoms with van der Waals surface area (Å²) in [4.78, 5) is 47.7. The van der Waals surface area contributed by atoms with Crippen molar-refractivity contribution in [3.63, 3.8) is 0 Å². The van der Waals surface area contributed by atoms with Gasteiger partial charge < -0.3 is 14.5 Å². The minimum absolute atomic E-state index is 0.0858. The molecule has 10 heteroatoms. The van der Waals surface area contributed by atoms with Crippen molar-refractivity contribution in [2.24, 2.45) is 0 Å². The second-order valence-corrected chi connectivity index (χ2v) is 9.19. The van der Waals surface area contributed by atoms with E-state index in [0.717, 1.165) is 16.5 Å². The summed E-state index contributed by atoms with van der Waals surface area (Å²) >= 11 is 0. The van der Waals surface area contributed by atoms with Gasteiger partial charge in [0, 0.05) is 18.5 Å². The van der Waals surface area contributed by atoms with Gasteiger partial charge in [0.25, 0.3) is 5.56 Å². The number of rotatable bonds is 5. The lowest BCUT2D eigenvalue weighted by atomic mass is 10.1. The van der Waals surface area contributed by atoms with E-state index < -0.39 is 5.97 Å². The molecule has 10 nitrogen and oxygen atoms in total.